The molecule has 0 N–H and O–H groups in total. The molecular weight excluding hydrogens is 470 g/mol. The van der Waals surface area contributed by atoms with E-state index in [-0.39, 0.29) is 29.3 Å². The molecule has 1 fully saturated rings. The summed E-state index contributed by atoms with van der Waals surface area (Å²) in [7, 11) is -2.10. The minimum atomic E-state index is -3.73. The standard InChI is InChI=1S/C26H29NO5S2/c1-3-32-26(28)24-17-27(15-14-25(24)33-18-19-8-11-22(31-2)12-9-19)34(29,30)23-13-10-20-6-4-5-7-21(20)16-23/h4-13,16,24-25H,3,14-15,17-18H2,1-2H3. The number of thioether (sulfide) groups is 1. The molecule has 2 atom stereocenters. The van der Waals surface area contributed by atoms with Crippen LogP contribution in [0.1, 0.15) is 18.9 Å². The Morgan fingerprint density at radius 3 is 2.50 bits per heavy atom. The van der Waals surface area contributed by atoms with E-state index in [1.165, 1.54) is 4.31 Å². The van der Waals surface area contributed by atoms with E-state index in [2.05, 4.69) is 0 Å². The zero-order valence-electron chi connectivity index (χ0n) is 19.3. The molecule has 1 heterocycles. The lowest BCUT2D eigenvalue weighted by Crippen LogP contribution is -2.48. The first-order valence-electron chi connectivity index (χ1n) is 11.3. The molecule has 1 aliphatic heterocycles. The number of rotatable bonds is 8. The van der Waals surface area contributed by atoms with Crippen molar-refractivity contribution in [2.45, 2.75) is 29.2 Å². The van der Waals surface area contributed by atoms with Crippen molar-refractivity contribution >= 4 is 38.5 Å². The van der Waals surface area contributed by atoms with Crippen LogP contribution in [0.15, 0.2) is 71.6 Å². The zero-order valence-corrected chi connectivity index (χ0v) is 21.0. The highest BCUT2D eigenvalue weighted by Gasteiger charge is 2.40. The van der Waals surface area contributed by atoms with Crippen molar-refractivity contribution in [2.75, 3.05) is 26.8 Å². The second-order valence-corrected chi connectivity index (χ2v) is 11.4. The Morgan fingerprint density at radius 1 is 1.06 bits per heavy atom. The molecule has 0 bridgehead atoms. The van der Waals surface area contributed by atoms with Gasteiger partial charge < -0.3 is 9.47 Å². The molecule has 1 saturated heterocycles. The summed E-state index contributed by atoms with van der Waals surface area (Å²) in [5.74, 6) is 0.660. The van der Waals surface area contributed by atoms with Crippen LogP contribution in [0.5, 0.6) is 5.75 Å². The molecule has 0 aromatic heterocycles. The van der Waals surface area contributed by atoms with E-state index in [0.29, 0.717) is 13.0 Å². The molecule has 2 unspecified atom stereocenters. The van der Waals surface area contributed by atoms with Gasteiger partial charge in [-0.2, -0.15) is 16.1 Å². The molecule has 0 amide bonds. The van der Waals surface area contributed by atoms with Gasteiger partial charge in [0.25, 0.3) is 0 Å². The number of fused-ring (bicyclic) bond motifs is 1. The molecule has 1 aliphatic rings. The van der Waals surface area contributed by atoms with Crippen molar-refractivity contribution in [3.63, 3.8) is 0 Å². The van der Waals surface area contributed by atoms with Gasteiger partial charge in [0.1, 0.15) is 5.75 Å². The Bertz CT molecular complexity index is 1240. The molecule has 0 saturated carbocycles. The van der Waals surface area contributed by atoms with Gasteiger partial charge in [-0.1, -0.05) is 42.5 Å². The smallest absolute Gasteiger partial charge is 0.311 e. The quantitative estimate of drug-likeness (QED) is 0.418. The second kappa shape index (κ2) is 10.8. The number of hydrogen-bond donors (Lipinski definition) is 0. The number of carbonyl (C=O) groups excluding carboxylic acids is 1. The second-order valence-electron chi connectivity index (χ2n) is 8.22. The molecule has 0 aliphatic carbocycles. The maximum atomic E-state index is 13.5. The number of hydrogen-bond acceptors (Lipinski definition) is 6. The number of benzene rings is 3. The van der Waals surface area contributed by atoms with E-state index in [0.717, 1.165) is 27.8 Å². The Labute approximate surface area is 205 Å². The Hall–Kier alpha value is -2.55. The van der Waals surface area contributed by atoms with E-state index < -0.39 is 15.9 Å². The number of esters is 1. The van der Waals surface area contributed by atoms with E-state index in [9.17, 15) is 13.2 Å². The van der Waals surface area contributed by atoms with Crippen LogP contribution in [-0.2, 0) is 25.3 Å². The monoisotopic (exact) mass is 499 g/mol. The van der Waals surface area contributed by atoms with Crippen LogP contribution < -0.4 is 4.74 Å². The van der Waals surface area contributed by atoms with Gasteiger partial charge in [0.15, 0.2) is 0 Å². The highest BCUT2D eigenvalue weighted by molar-refractivity contribution is 7.99. The van der Waals surface area contributed by atoms with Crippen molar-refractivity contribution in [1.29, 1.82) is 0 Å². The van der Waals surface area contributed by atoms with Crippen molar-refractivity contribution < 1.29 is 22.7 Å². The number of piperidine rings is 1. The van der Waals surface area contributed by atoms with Crippen LogP contribution in [0.4, 0.5) is 0 Å². The number of carbonyl (C=O) groups is 1. The summed E-state index contributed by atoms with van der Waals surface area (Å²) in [6.45, 7) is 2.52. The molecule has 0 radical (unpaired) electrons. The van der Waals surface area contributed by atoms with Gasteiger partial charge in [0.2, 0.25) is 10.0 Å². The molecule has 8 heteroatoms. The SMILES string of the molecule is CCOC(=O)C1CN(S(=O)(=O)c2ccc3ccccc3c2)CCC1SCc1ccc(OC)cc1. The summed E-state index contributed by atoms with van der Waals surface area (Å²) in [6, 6.07) is 20.7. The van der Waals surface area contributed by atoms with Gasteiger partial charge >= 0.3 is 5.97 Å². The average Bonchev–Trinajstić information content (AvgIpc) is 2.87. The van der Waals surface area contributed by atoms with Crippen LogP contribution >= 0.6 is 11.8 Å². The number of nitrogens with zero attached hydrogens (tertiary/aromatic N) is 1. The number of ether oxygens (including phenoxy) is 2. The highest BCUT2D eigenvalue weighted by Crippen LogP contribution is 2.34. The summed E-state index contributed by atoms with van der Waals surface area (Å²) in [6.07, 6.45) is 0.580. The third-order valence-corrected chi connectivity index (χ3v) is 9.44. The Balaban J connectivity index is 1.51. The first kappa shape index (κ1) is 24.6. The lowest BCUT2D eigenvalue weighted by molar-refractivity contribution is -0.148. The maximum Gasteiger partial charge on any atom is 0.311 e. The van der Waals surface area contributed by atoms with Crippen LogP contribution in [-0.4, -0.2) is 50.7 Å². The van der Waals surface area contributed by atoms with Gasteiger partial charge in [-0.15, -0.1) is 0 Å². The molecular formula is C26H29NO5S2. The van der Waals surface area contributed by atoms with Gasteiger partial charge in [-0.3, -0.25) is 4.79 Å². The lowest BCUT2D eigenvalue weighted by Gasteiger charge is -2.36. The van der Waals surface area contributed by atoms with Crippen molar-refractivity contribution in [1.82, 2.24) is 4.31 Å². The van der Waals surface area contributed by atoms with Crippen molar-refractivity contribution in [3.8, 4) is 5.75 Å². The van der Waals surface area contributed by atoms with E-state index in [1.54, 1.807) is 37.9 Å². The van der Waals surface area contributed by atoms with Gasteiger partial charge in [0.05, 0.1) is 24.5 Å². The summed E-state index contributed by atoms with van der Waals surface area (Å²) in [5, 5.41) is 1.83. The number of sulfonamides is 1. The molecule has 0 spiro atoms. The third-order valence-electron chi connectivity index (χ3n) is 6.08. The van der Waals surface area contributed by atoms with Crippen LogP contribution in [0.3, 0.4) is 0 Å². The van der Waals surface area contributed by atoms with Gasteiger partial charge in [-0.05, 0) is 53.9 Å². The molecule has 3 aromatic rings. The third kappa shape index (κ3) is 5.40. The van der Waals surface area contributed by atoms with Crippen LogP contribution in [0.2, 0.25) is 0 Å². The predicted molar refractivity (Wildman–Crippen MR) is 136 cm³/mol. The normalized spacial score (nSPS) is 19.1. The largest absolute Gasteiger partial charge is 0.497 e. The first-order valence-corrected chi connectivity index (χ1v) is 13.8. The summed E-state index contributed by atoms with van der Waals surface area (Å²) in [5.41, 5.74) is 1.12. The lowest BCUT2D eigenvalue weighted by atomic mass is 9.99. The summed E-state index contributed by atoms with van der Waals surface area (Å²) < 4.78 is 38.9. The van der Waals surface area contributed by atoms with Crippen molar-refractivity contribution in [2.24, 2.45) is 5.92 Å². The molecule has 3 aromatic carbocycles. The summed E-state index contributed by atoms with van der Waals surface area (Å²) in [4.78, 5) is 13.1. The zero-order chi connectivity index (χ0) is 24.1. The van der Waals surface area contributed by atoms with Gasteiger partial charge in [0, 0.05) is 24.1 Å². The Kier molecular flexibility index (Phi) is 7.80. The molecule has 4 rings (SSSR count). The average molecular weight is 500 g/mol. The van der Waals surface area contributed by atoms with Gasteiger partial charge in [-0.25, -0.2) is 8.42 Å². The number of methoxy groups -OCH3 is 1. The molecule has 34 heavy (non-hydrogen) atoms. The van der Waals surface area contributed by atoms with E-state index in [1.807, 2.05) is 54.6 Å². The fourth-order valence-electron chi connectivity index (χ4n) is 4.20. The predicted octanol–water partition coefficient (Wildman–Crippen LogP) is 4.72. The minimum Gasteiger partial charge on any atom is -0.497 e. The maximum absolute atomic E-state index is 13.5. The fourth-order valence-corrected chi connectivity index (χ4v) is 7.01. The fraction of sp³-hybridized carbons (Fsp3) is 0.346. The topological polar surface area (TPSA) is 72.9 Å². The Morgan fingerprint density at radius 2 is 1.79 bits per heavy atom. The van der Waals surface area contributed by atoms with Crippen LogP contribution in [0, 0.1) is 5.92 Å². The highest BCUT2D eigenvalue weighted by atomic mass is 32.2. The summed E-state index contributed by atoms with van der Waals surface area (Å²) >= 11 is 1.67. The first-order chi connectivity index (χ1) is 16.4. The van der Waals surface area contributed by atoms with E-state index >= 15 is 0 Å². The van der Waals surface area contributed by atoms with Crippen LogP contribution in [0.25, 0.3) is 10.8 Å². The van der Waals surface area contributed by atoms with Crippen molar-refractivity contribution in [3.05, 3.63) is 72.3 Å². The van der Waals surface area contributed by atoms with E-state index in [4.69, 9.17) is 9.47 Å². The molecule has 6 nitrogen and oxygen atoms in total. The minimum absolute atomic E-state index is 0.0239. The molecule has 180 valence electrons.